The summed E-state index contributed by atoms with van der Waals surface area (Å²) >= 11 is 0. The SMILES string of the molecule is CCOC(=O)c1cn(Cc2ccccc2)nc1N(C(=O)C1CCC(C(F)(F)F)CC1)C1CCOCC1. The Balaban J connectivity index is 1.66. The molecule has 2 aromatic rings. The quantitative estimate of drug-likeness (QED) is 0.494. The third-order valence-electron chi connectivity index (χ3n) is 6.99. The molecule has 0 radical (unpaired) electrons. The molecule has 2 heterocycles. The summed E-state index contributed by atoms with van der Waals surface area (Å²) in [5, 5.41) is 4.65. The number of alkyl halides is 3. The van der Waals surface area contributed by atoms with Gasteiger partial charge in [-0.1, -0.05) is 30.3 Å². The van der Waals surface area contributed by atoms with Crippen molar-refractivity contribution in [3.05, 3.63) is 47.7 Å². The maximum Gasteiger partial charge on any atom is 0.391 e. The second-order valence-corrected chi connectivity index (χ2v) is 9.41. The van der Waals surface area contributed by atoms with Gasteiger partial charge in [0.2, 0.25) is 5.91 Å². The van der Waals surface area contributed by atoms with Crippen molar-refractivity contribution in [2.45, 2.75) is 64.2 Å². The van der Waals surface area contributed by atoms with E-state index in [0.29, 0.717) is 32.6 Å². The number of hydrogen-bond acceptors (Lipinski definition) is 5. The van der Waals surface area contributed by atoms with Crippen molar-refractivity contribution in [1.29, 1.82) is 0 Å². The minimum absolute atomic E-state index is 0.0747. The van der Waals surface area contributed by atoms with E-state index in [1.807, 2.05) is 30.3 Å². The number of carbonyl (C=O) groups excluding carboxylic acids is 2. The third-order valence-corrected chi connectivity index (χ3v) is 6.99. The van der Waals surface area contributed by atoms with Gasteiger partial charge in [-0.15, -0.1) is 0 Å². The molecule has 0 atom stereocenters. The monoisotopic (exact) mass is 507 g/mol. The number of nitrogens with zero attached hydrogens (tertiary/aromatic N) is 3. The highest BCUT2D eigenvalue weighted by molar-refractivity contribution is 6.02. The first kappa shape index (κ1) is 26.2. The minimum atomic E-state index is -4.25. The smallest absolute Gasteiger partial charge is 0.391 e. The third kappa shape index (κ3) is 6.08. The molecule has 0 N–H and O–H groups in total. The number of hydrogen-bond donors (Lipinski definition) is 0. The highest BCUT2D eigenvalue weighted by Crippen LogP contribution is 2.41. The summed E-state index contributed by atoms with van der Waals surface area (Å²) in [5.74, 6) is -2.59. The molecule has 0 unspecified atom stereocenters. The Morgan fingerprint density at radius 3 is 2.36 bits per heavy atom. The first-order valence-electron chi connectivity index (χ1n) is 12.5. The topological polar surface area (TPSA) is 73.7 Å². The van der Waals surface area contributed by atoms with E-state index in [-0.39, 0.29) is 55.6 Å². The molecule has 1 aromatic carbocycles. The van der Waals surface area contributed by atoms with E-state index >= 15 is 0 Å². The van der Waals surface area contributed by atoms with Gasteiger partial charge >= 0.3 is 12.1 Å². The lowest BCUT2D eigenvalue weighted by molar-refractivity contribution is -0.184. The predicted octanol–water partition coefficient (Wildman–Crippen LogP) is 4.99. The van der Waals surface area contributed by atoms with Gasteiger partial charge in [0, 0.05) is 31.4 Å². The van der Waals surface area contributed by atoms with Gasteiger partial charge in [0.05, 0.1) is 19.1 Å². The summed E-state index contributed by atoms with van der Waals surface area (Å²) in [6.45, 7) is 3.16. The predicted molar refractivity (Wildman–Crippen MR) is 127 cm³/mol. The average Bonchev–Trinajstić information content (AvgIpc) is 3.28. The zero-order valence-corrected chi connectivity index (χ0v) is 20.4. The van der Waals surface area contributed by atoms with Crippen LogP contribution in [-0.4, -0.2) is 53.7 Å². The van der Waals surface area contributed by atoms with E-state index in [2.05, 4.69) is 5.10 Å². The van der Waals surface area contributed by atoms with Crippen LogP contribution in [0, 0.1) is 11.8 Å². The lowest BCUT2D eigenvalue weighted by Gasteiger charge is -2.37. The molecule has 196 valence electrons. The maximum atomic E-state index is 13.9. The van der Waals surface area contributed by atoms with Crippen LogP contribution in [0.1, 0.15) is 61.4 Å². The summed E-state index contributed by atoms with van der Waals surface area (Å²) in [7, 11) is 0. The van der Waals surface area contributed by atoms with Crippen LogP contribution >= 0.6 is 0 Å². The number of anilines is 1. The number of amides is 1. The Morgan fingerprint density at radius 1 is 1.08 bits per heavy atom. The van der Waals surface area contributed by atoms with Crippen molar-refractivity contribution >= 4 is 17.7 Å². The van der Waals surface area contributed by atoms with Crippen LogP contribution in [0.4, 0.5) is 19.0 Å². The first-order valence-corrected chi connectivity index (χ1v) is 12.5. The minimum Gasteiger partial charge on any atom is -0.462 e. The number of rotatable bonds is 7. The second-order valence-electron chi connectivity index (χ2n) is 9.41. The van der Waals surface area contributed by atoms with E-state index in [4.69, 9.17) is 9.47 Å². The van der Waals surface area contributed by atoms with Crippen LogP contribution < -0.4 is 4.90 Å². The molecular formula is C26H32F3N3O4. The van der Waals surface area contributed by atoms with E-state index in [1.165, 1.54) is 0 Å². The van der Waals surface area contributed by atoms with Crippen molar-refractivity contribution in [2.24, 2.45) is 11.8 Å². The van der Waals surface area contributed by atoms with E-state index in [9.17, 15) is 22.8 Å². The Labute approximate surface area is 208 Å². The molecule has 1 amide bonds. The highest BCUT2D eigenvalue weighted by atomic mass is 19.4. The van der Waals surface area contributed by atoms with Crippen LogP contribution in [0.3, 0.4) is 0 Å². The molecule has 4 rings (SSSR count). The van der Waals surface area contributed by atoms with Crippen LogP contribution in [0.5, 0.6) is 0 Å². The zero-order valence-electron chi connectivity index (χ0n) is 20.4. The molecule has 0 spiro atoms. The second kappa shape index (κ2) is 11.5. The molecule has 1 saturated heterocycles. The van der Waals surface area contributed by atoms with Crippen molar-refractivity contribution in [1.82, 2.24) is 9.78 Å². The van der Waals surface area contributed by atoms with E-state index in [0.717, 1.165) is 5.56 Å². The summed E-state index contributed by atoms with van der Waals surface area (Å²) in [5.41, 5.74) is 1.15. The summed E-state index contributed by atoms with van der Waals surface area (Å²) in [4.78, 5) is 28.3. The van der Waals surface area contributed by atoms with E-state index in [1.54, 1.807) is 22.7 Å². The Hall–Kier alpha value is -2.88. The number of esters is 1. The van der Waals surface area contributed by atoms with Gasteiger partial charge in [-0.3, -0.25) is 14.4 Å². The van der Waals surface area contributed by atoms with Crippen LogP contribution in [-0.2, 0) is 20.8 Å². The van der Waals surface area contributed by atoms with Crippen molar-refractivity contribution < 1.29 is 32.2 Å². The molecule has 1 saturated carbocycles. The Bertz CT molecular complexity index is 1030. The number of ether oxygens (including phenoxy) is 2. The lowest BCUT2D eigenvalue weighted by atomic mass is 9.80. The summed E-state index contributed by atoms with van der Waals surface area (Å²) < 4.78 is 52.0. The van der Waals surface area contributed by atoms with Gasteiger partial charge in [0.1, 0.15) is 5.56 Å². The van der Waals surface area contributed by atoms with Gasteiger partial charge in [-0.2, -0.15) is 18.3 Å². The van der Waals surface area contributed by atoms with Gasteiger partial charge in [0.25, 0.3) is 0 Å². The lowest BCUT2D eigenvalue weighted by Crippen LogP contribution is -2.48. The average molecular weight is 508 g/mol. The number of carbonyl (C=O) groups is 2. The first-order chi connectivity index (χ1) is 17.3. The normalized spacial score (nSPS) is 21.2. The van der Waals surface area contributed by atoms with Crippen LogP contribution in [0.15, 0.2) is 36.5 Å². The van der Waals surface area contributed by atoms with Crippen molar-refractivity contribution in [3.8, 4) is 0 Å². The Morgan fingerprint density at radius 2 is 1.75 bits per heavy atom. The van der Waals surface area contributed by atoms with Gasteiger partial charge in [0.15, 0.2) is 5.82 Å². The molecule has 2 fully saturated rings. The van der Waals surface area contributed by atoms with Crippen molar-refractivity contribution in [3.63, 3.8) is 0 Å². The summed E-state index contributed by atoms with van der Waals surface area (Å²) in [6.07, 6.45) is -1.40. The van der Waals surface area contributed by atoms with Gasteiger partial charge in [-0.05, 0) is 51.0 Å². The number of benzene rings is 1. The van der Waals surface area contributed by atoms with E-state index < -0.39 is 24.0 Å². The molecule has 0 bridgehead atoms. The molecule has 10 heteroatoms. The summed E-state index contributed by atoms with van der Waals surface area (Å²) in [6, 6.07) is 9.32. The molecule has 36 heavy (non-hydrogen) atoms. The Kier molecular flexibility index (Phi) is 8.33. The molecule has 2 aliphatic rings. The molecule has 1 aliphatic heterocycles. The van der Waals surface area contributed by atoms with Gasteiger partial charge < -0.3 is 9.47 Å². The van der Waals surface area contributed by atoms with Crippen molar-refractivity contribution in [2.75, 3.05) is 24.7 Å². The zero-order chi connectivity index (χ0) is 25.7. The fraction of sp³-hybridized carbons (Fsp3) is 0.577. The molecular weight excluding hydrogens is 475 g/mol. The molecule has 7 nitrogen and oxygen atoms in total. The van der Waals surface area contributed by atoms with Gasteiger partial charge in [-0.25, -0.2) is 4.79 Å². The fourth-order valence-corrected chi connectivity index (χ4v) is 5.06. The molecule has 1 aliphatic carbocycles. The molecule has 1 aromatic heterocycles. The largest absolute Gasteiger partial charge is 0.462 e. The fourth-order valence-electron chi connectivity index (χ4n) is 5.06. The maximum absolute atomic E-state index is 13.9. The van der Waals surface area contributed by atoms with Crippen LogP contribution in [0.2, 0.25) is 0 Å². The standard InChI is InChI=1S/C26H32F3N3O4/c1-2-36-25(34)22-17-31(16-18-6-4-3-5-7-18)30-23(22)32(21-12-14-35-15-13-21)24(33)19-8-10-20(11-9-19)26(27,28)29/h3-7,17,19-21H,2,8-16H2,1H3. The highest BCUT2D eigenvalue weighted by Gasteiger charge is 2.44. The number of halogens is 3. The van der Waals surface area contributed by atoms with Crippen LogP contribution in [0.25, 0.3) is 0 Å². The number of aromatic nitrogens is 2.